The normalized spacial score (nSPS) is 10.2. The molecule has 0 aliphatic carbocycles. The van der Waals surface area contributed by atoms with Crippen molar-refractivity contribution in [2.24, 2.45) is 0 Å². The topological polar surface area (TPSA) is 95.9 Å². The smallest absolute Gasteiger partial charge is 0.335 e. The highest BCUT2D eigenvalue weighted by molar-refractivity contribution is 6.07. The summed E-state index contributed by atoms with van der Waals surface area (Å²) < 4.78 is 5.55. The van der Waals surface area contributed by atoms with Gasteiger partial charge in [0.1, 0.15) is 5.75 Å². The maximum Gasteiger partial charge on any atom is 0.335 e. The molecule has 0 saturated carbocycles. The van der Waals surface area contributed by atoms with E-state index in [-0.39, 0.29) is 17.0 Å². The Morgan fingerprint density at radius 1 is 1.04 bits per heavy atom. The van der Waals surface area contributed by atoms with Crippen molar-refractivity contribution in [2.75, 3.05) is 26.0 Å². The SMILES string of the molecule is CCOc1cc(C(=O)N(C)C)ccc1NC(=O)c1cc(C)cc(C(=O)O)c1. The van der Waals surface area contributed by atoms with Crippen molar-refractivity contribution >= 4 is 23.5 Å². The molecular formula is C20H22N2O5. The Hall–Kier alpha value is -3.35. The molecule has 0 atom stereocenters. The summed E-state index contributed by atoms with van der Waals surface area (Å²) in [5, 5.41) is 11.9. The minimum atomic E-state index is -1.10. The van der Waals surface area contributed by atoms with E-state index in [1.165, 1.54) is 17.0 Å². The van der Waals surface area contributed by atoms with Gasteiger partial charge in [0.05, 0.1) is 17.9 Å². The summed E-state index contributed by atoms with van der Waals surface area (Å²) in [6, 6.07) is 9.17. The van der Waals surface area contributed by atoms with Crippen LogP contribution in [-0.4, -0.2) is 48.5 Å². The van der Waals surface area contributed by atoms with Gasteiger partial charge in [-0.2, -0.15) is 0 Å². The highest BCUT2D eigenvalue weighted by Gasteiger charge is 2.16. The summed E-state index contributed by atoms with van der Waals surface area (Å²) >= 11 is 0. The van der Waals surface area contributed by atoms with Crippen LogP contribution in [0.2, 0.25) is 0 Å². The van der Waals surface area contributed by atoms with Crippen LogP contribution in [0.15, 0.2) is 36.4 Å². The van der Waals surface area contributed by atoms with Gasteiger partial charge in [0.25, 0.3) is 11.8 Å². The molecule has 0 heterocycles. The summed E-state index contributed by atoms with van der Waals surface area (Å²) in [4.78, 5) is 37.4. The minimum absolute atomic E-state index is 0.0390. The fraction of sp³-hybridized carbons (Fsp3) is 0.250. The molecule has 2 aromatic carbocycles. The number of hydrogen-bond donors (Lipinski definition) is 2. The lowest BCUT2D eigenvalue weighted by Crippen LogP contribution is -2.22. The number of carbonyl (C=O) groups excluding carboxylic acids is 2. The molecule has 2 amide bonds. The van der Waals surface area contributed by atoms with Crippen molar-refractivity contribution in [3.63, 3.8) is 0 Å². The number of aromatic carboxylic acids is 1. The molecule has 2 aromatic rings. The minimum Gasteiger partial charge on any atom is -0.492 e. The number of hydrogen-bond acceptors (Lipinski definition) is 4. The number of carboxylic acid groups (broad SMARTS) is 1. The zero-order valence-electron chi connectivity index (χ0n) is 15.7. The zero-order chi connectivity index (χ0) is 20.1. The summed E-state index contributed by atoms with van der Waals surface area (Å²) in [5.74, 6) is -1.38. The number of carboxylic acids is 1. The first-order valence-electron chi connectivity index (χ1n) is 8.37. The summed E-state index contributed by atoms with van der Waals surface area (Å²) in [6.07, 6.45) is 0. The molecule has 0 unspecified atom stereocenters. The first-order chi connectivity index (χ1) is 12.7. The fourth-order valence-electron chi connectivity index (χ4n) is 2.52. The lowest BCUT2D eigenvalue weighted by Gasteiger charge is -2.15. The Kier molecular flexibility index (Phi) is 6.18. The van der Waals surface area contributed by atoms with Gasteiger partial charge in [0.2, 0.25) is 0 Å². The molecule has 2 N–H and O–H groups in total. The molecule has 7 nitrogen and oxygen atoms in total. The number of nitrogens with one attached hydrogen (secondary N) is 1. The van der Waals surface area contributed by atoms with E-state index in [2.05, 4.69) is 5.32 Å². The first kappa shape index (κ1) is 20.0. The van der Waals surface area contributed by atoms with Gasteiger partial charge in [-0.25, -0.2) is 4.79 Å². The second-order valence-electron chi connectivity index (χ2n) is 6.19. The predicted octanol–water partition coefficient (Wildman–Crippen LogP) is 3.05. The lowest BCUT2D eigenvalue weighted by atomic mass is 10.1. The van der Waals surface area contributed by atoms with Crippen LogP contribution in [0, 0.1) is 6.92 Å². The molecule has 0 saturated heterocycles. The van der Waals surface area contributed by atoms with E-state index < -0.39 is 11.9 Å². The van der Waals surface area contributed by atoms with E-state index in [0.717, 1.165) is 0 Å². The first-order valence-corrected chi connectivity index (χ1v) is 8.37. The summed E-state index contributed by atoms with van der Waals surface area (Å²) in [6.45, 7) is 3.87. The van der Waals surface area contributed by atoms with Crippen LogP contribution in [0.1, 0.15) is 43.6 Å². The van der Waals surface area contributed by atoms with Crippen LogP contribution >= 0.6 is 0 Å². The van der Waals surface area contributed by atoms with E-state index in [1.54, 1.807) is 52.2 Å². The molecule has 0 spiro atoms. The lowest BCUT2D eigenvalue weighted by molar-refractivity contribution is 0.0696. The largest absolute Gasteiger partial charge is 0.492 e. The summed E-state index contributed by atoms with van der Waals surface area (Å²) in [7, 11) is 3.30. The van der Waals surface area contributed by atoms with Gasteiger partial charge in [-0.3, -0.25) is 9.59 Å². The maximum absolute atomic E-state index is 12.6. The molecule has 0 bridgehead atoms. The molecule has 0 aliphatic heterocycles. The monoisotopic (exact) mass is 370 g/mol. The Morgan fingerprint density at radius 3 is 2.30 bits per heavy atom. The van der Waals surface area contributed by atoms with Gasteiger partial charge in [-0.15, -0.1) is 0 Å². The number of ether oxygens (including phenoxy) is 1. The number of amides is 2. The van der Waals surface area contributed by atoms with Crippen LogP contribution in [0.4, 0.5) is 5.69 Å². The Morgan fingerprint density at radius 2 is 1.70 bits per heavy atom. The molecule has 7 heteroatoms. The third-order valence-electron chi connectivity index (χ3n) is 3.77. The highest BCUT2D eigenvalue weighted by Crippen LogP contribution is 2.27. The molecule has 27 heavy (non-hydrogen) atoms. The van der Waals surface area contributed by atoms with Crippen molar-refractivity contribution in [3.05, 3.63) is 58.7 Å². The van der Waals surface area contributed by atoms with Gasteiger partial charge in [0, 0.05) is 25.2 Å². The van der Waals surface area contributed by atoms with E-state index in [1.807, 2.05) is 0 Å². The van der Waals surface area contributed by atoms with E-state index in [4.69, 9.17) is 9.84 Å². The zero-order valence-corrected chi connectivity index (χ0v) is 15.7. The Labute approximate surface area is 157 Å². The molecule has 0 aromatic heterocycles. The number of nitrogens with zero attached hydrogens (tertiary/aromatic N) is 1. The number of anilines is 1. The average Bonchev–Trinajstić information content (AvgIpc) is 2.62. The maximum atomic E-state index is 12.6. The van der Waals surface area contributed by atoms with Crippen molar-refractivity contribution in [2.45, 2.75) is 13.8 Å². The van der Waals surface area contributed by atoms with Gasteiger partial charge in [0.15, 0.2) is 0 Å². The van der Waals surface area contributed by atoms with E-state index in [0.29, 0.717) is 29.2 Å². The van der Waals surface area contributed by atoms with E-state index in [9.17, 15) is 14.4 Å². The average molecular weight is 370 g/mol. The third kappa shape index (κ3) is 4.84. The third-order valence-corrected chi connectivity index (χ3v) is 3.77. The van der Waals surface area contributed by atoms with Crippen LogP contribution in [0.3, 0.4) is 0 Å². The van der Waals surface area contributed by atoms with E-state index >= 15 is 0 Å². The standard InChI is InChI=1S/C20H22N2O5/c1-5-27-17-11-13(19(24)22(3)4)6-7-16(17)21-18(23)14-8-12(2)9-15(10-14)20(25)26/h6-11H,5H2,1-4H3,(H,21,23)(H,25,26). The van der Waals surface area contributed by atoms with Crippen molar-refractivity contribution < 1.29 is 24.2 Å². The van der Waals surface area contributed by atoms with Crippen molar-refractivity contribution in [1.82, 2.24) is 4.90 Å². The van der Waals surface area contributed by atoms with Gasteiger partial charge in [-0.05, 0) is 55.8 Å². The van der Waals surface area contributed by atoms with Gasteiger partial charge < -0.3 is 20.1 Å². The highest BCUT2D eigenvalue weighted by atomic mass is 16.5. The molecule has 142 valence electrons. The van der Waals surface area contributed by atoms with Crippen LogP contribution in [0.25, 0.3) is 0 Å². The van der Waals surface area contributed by atoms with Crippen LogP contribution in [0.5, 0.6) is 5.75 Å². The fourth-order valence-corrected chi connectivity index (χ4v) is 2.52. The van der Waals surface area contributed by atoms with Crippen molar-refractivity contribution in [1.29, 1.82) is 0 Å². The van der Waals surface area contributed by atoms with Gasteiger partial charge >= 0.3 is 5.97 Å². The molecular weight excluding hydrogens is 348 g/mol. The quantitative estimate of drug-likeness (QED) is 0.815. The Balaban J connectivity index is 2.34. The van der Waals surface area contributed by atoms with Crippen molar-refractivity contribution in [3.8, 4) is 5.75 Å². The second kappa shape index (κ2) is 8.35. The van der Waals surface area contributed by atoms with Crippen LogP contribution < -0.4 is 10.1 Å². The van der Waals surface area contributed by atoms with Crippen LogP contribution in [-0.2, 0) is 0 Å². The number of rotatable bonds is 6. The number of aryl methyl sites for hydroxylation is 1. The molecule has 2 rings (SSSR count). The summed E-state index contributed by atoms with van der Waals surface area (Å²) in [5.41, 5.74) is 1.76. The Bertz CT molecular complexity index is 890. The second-order valence-corrected chi connectivity index (χ2v) is 6.19. The molecule has 0 aliphatic rings. The number of benzene rings is 2. The molecule has 0 radical (unpaired) electrons. The predicted molar refractivity (Wildman–Crippen MR) is 102 cm³/mol. The van der Waals surface area contributed by atoms with Gasteiger partial charge in [-0.1, -0.05) is 0 Å². The molecule has 0 fully saturated rings. The number of carbonyl (C=O) groups is 3.